The van der Waals surface area contributed by atoms with Gasteiger partial charge in [0.25, 0.3) is 0 Å². The van der Waals surface area contributed by atoms with E-state index in [2.05, 4.69) is 10.6 Å². The van der Waals surface area contributed by atoms with Crippen molar-refractivity contribution in [3.63, 3.8) is 0 Å². The van der Waals surface area contributed by atoms with E-state index in [9.17, 15) is 9.59 Å². The van der Waals surface area contributed by atoms with Crippen LogP contribution in [0.15, 0.2) is 18.2 Å². The zero-order chi connectivity index (χ0) is 17.3. The standard InChI is InChI=1S/C19H24N2O4/c22-17-14(4-3-9-20-17)21-18(23)19(7-1-2-8-19)13-5-6-15-16(12-13)25-11-10-24-15/h5-6,12,14H,1-4,7-11H2,(H,20,22)(H,21,23)/t14-/m1/s1. The molecule has 2 heterocycles. The molecule has 0 aromatic heterocycles. The fourth-order valence-electron chi connectivity index (χ4n) is 4.17. The van der Waals surface area contributed by atoms with E-state index in [1.54, 1.807) is 0 Å². The van der Waals surface area contributed by atoms with Crippen LogP contribution in [0.4, 0.5) is 0 Å². The van der Waals surface area contributed by atoms with Crippen molar-refractivity contribution < 1.29 is 19.1 Å². The van der Waals surface area contributed by atoms with Gasteiger partial charge in [-0.3, -0.25) is 9.59 Å². The first-order valence-corrected chi connectivity index (χ1v) is 9.18. The van der Waals surface area contributed by atoms with Gasteiger partial charge in [-0.2, -0.15) is 0 Å². The van der Waals surface area contributed by atoms with Crippen molar-refractivity contribution in [1.29, 1.82) is 0 Å². The van der Waals surface area contributed by atoms with E-state index < -0.39 is 11.5 Å². The maximum atomic E-state index is 13.2. The molecule has 1 aromatic carbocycles. The summed E-state index contributed by atoms with van der Waals surface area (Å²) >= 11 is 0. The van der Waals surface area contributed by atoms with E-state index in [0.29, 0.717) is 31.9 Å². The van der Waals surface area contributed by atoms with E-state index in [1.165, 1.54) is 0 Å². The maximum Gasteiger partial charge on any atom is 0.242 e. The summed E-state index contributed by atoms with van der Waals surface area (Å²) in [6, 6.07) is 5.39. The summed E-state index contributed by atoms with van der Waals surface area (Å²) in [5.41, 5.74) is 0.385. The van der Waals surface area contributed by atoms with Gasteiger partial charge in [0.2, 0.25) is 11.8 Å². The van der Waals surface area contributed by atoms with E-state index in [4.69, 9.17) is 9.47 Å². The number of ether oxygens (including phenoxy) is 2. The fraction of sp³-hybridized carbons (Fsp3) is 0.579. The van der Waals surface area contributed by atoms with Crippen molar-refractivity contribution in [2.45, 2.75) is 50.0 Å². The Morgan fingerprint density at radius 2 is 1.88 bits per heavy atom. The molecule has 1 aliphatic carbocycles. The van der Waals surface area contributed by atoms with Gasteiger partial charge in [0.05, 0.1) is 5.41 Å². The van der Waals surface area contributed by atoms with Crippen molar-refractivity contribution in [2.24, 2.45) is 0 Å². The Labute approximate surface area is 147 Å². The van der Waals surface area contributed by atoms with Crippen LogP contribution in [0.5, 0.6) is 11.5 Å². The normalized spacial score (nSPS) is 24.5. The first kappa shape index (κ1) is 16.2. The summed E-state index contributed by atoms with van der Waals surface area (Å²) in [5.74, 6) is 1.33. The predicted molar refractivity (Wildman–Crippen MR) is 91.8 cm³/mol. The largest absolute Gasteiger partial charge is 0.486 e. The highest BCUT2D eigenvalue weighted by Gasteiger charge is 2.44. The minimum absolute atomic E-state index is 0.0382. The first-order valence-electron chi connectivity index (χ1n) is 9.18. The van der Waals surface area contributed by atoms with Gasteiger partial charge in [-0.25, -0.2) is 0 Å². The molecule has 2 N–H and O–H groups in total. The quantitative estimate of drug-likeness (QED) is 0.874. The van der Waals surface area contributed by atoms with Gasteiger partial charge in [-0.05, 0) is 43.4 Å². The number of piperidine rings is 1. The molecule has 6 nitrogen and oxygen atoms in total. The Morgan fingerprint density at radius 3 is 2.64 bits per heavy atom. The smallest absolute Gasteiger partial charge is 0.242 e. The average Bonchev–Trinajstić information content (AvgIpc) is 3.14. The number of rotatable bonds is 3. The van der Waals surface area contributed by atoms with Crippen molar-refractivity contribution in [2.75, 3.05) is 19.8 Å². The number of hydrogen-bond acceptors (Lipinski definition) is 4. The minimum atomic E-state index is -0.576. The van der Waals surface area contributed by atoms with Crippen LogP contribution in [-0.4, -0.2) is 37.6 Å². The Morgan fingerprint density at radius 1 is 1.12 bits per heavy atom. The molecule has 1 saturated heterocycles. The van der Waals surface area contributed by atoms with Crippen LogP contribution >= 0.6 is 0 Å². The molecule has 2 amide bonds. The Balaban J connectivity index is 1.61. The van der Waals surface area contributed by atoms with Gasteiger partial charge in [0, 0.05) is 6.54 Å². The van der Waals surface area contributed by atoms with Gasteiger partial charge in [0.1, 0.15) is 19.3 Å². The summed E-state index contributed by atoms with van der Waals surface area (Å²) in [6.07, 6.45) is 5.22. The van der Waals surface area contributed by atoms with Crippen LogP contribution in [0.2, 0.25) is 0 Å². The van der Waals surface area contributed by atoms with Crippen LogP contribution in [-0.2, 0) is 15.0 Å². The van der Waals surface area contributed by atoms with Crippen LogP contribution in [0.25, 0.3) is 0 Å². The van der Waals surface area contributed by atoms with E-state index in [0.717, 1.165) is 43.4 Å². The van der Waals surface area contributed by atoms with Crippen molar-refractivity contribution in [1.82, 2.24) is 10.6 Å². The molecule has 1 saturated carbocycles. The molecule has 0 bridgehead atoms. The van der Waals surface area contributed by atoms with E-state index in [-0.39, 0.29) is 11.8 Å². The number of nitrogens with one attached hydrogen (secondary N) is 2. The van der Waals surface area contributed by atoms with Crippen molar-refractivity contribution >= 4 is 11.8 Å². The van der Waals surface area contributed by atoms with Gasteiger partial charge in [0.15, 0.2) is 11.5 Å². The molecule has 1 aromatic rings. The molecule has 0 radical (unpaired) electrons. The molecule has 3 aliphatic rings. The fourth-order valence-corrected chi connectivity index (χ4v) is 4.17. The molecule has 2 aliphatic heterocycles. The molecule has 134 valence electrons. The first-order chi connectivity index (χ1) is 12.2. The summed E-state index contributed by atoms with van der Waals surface area (Å²) in [4.78, 5) is 25.2. The Kier molecular flexibility index (Phi) is 4.27. The lowest BCUT2D eigenvalue weighted by molar-refractivity contribution is -0.133. The van der Waals surface area contributed by atoms with Gasteiger partial charge < -0.3 is 20.1 Å². The second kappa shape index (κ2) is 6.58. The Bertz CT molecular complexity index is 682. The molecule has 2 fully saturated rings. The third kappa shape index (κ3) is 2.94. The van der Waals surface area contributed by atoms with Gasteiger partial charge in [-0.1, -0.05) is 18.9 Å². The summed E-state index contributed by atoms with van der Waals surface area (Å²) in [6.45, 7) is 1.77. The number of carbonyl (C=O) groups is 2. The van der Waals surface area contributed by atoms with Crippen molar-refractivity contribution in [3.05, 3.63) is 23.8 Å². The lowest BCUT2D eigenvalue weighted by atomic mass is 9.77. The van der Waals surface area contributed by atoms with E-state index in [1.807, 2.05) is 18.2 Å². The SMILES string of the molecule is O=C1NCCC[C@H]1NC(=O)C1(c2ccc3c(c2)OCCO3)CCCC1. The molecule has 4 rings (SSSR count). The number of benzene rings is 1. The molecule has 0 unspecified atom stereocenters. The van der Waals surface area contributed by atoms with Crippen LogP contribution in [0, 0.1) is 0 Å². The van der Waals surface area contributed by atoms with Crippen LogP contribution < -0.4 is 20.1 Å². The summed E-state index contributed by atoms with van der Waals surface area (Å²) in [5, 5.41) is 5.84. The highest BCUT2D eigenvalue weighted by molar-refractivity contribution is 5.93. The highest BCUT2D eigenvalue weighted by atomic mass is 16.6. The second-order valence-corrected chi connectivity index (χ2v) is 7.11. The van der Waals surface area contributed by atoms with E-state index >= 15 is 0 Å². The lowest BCUT2D eigenvalue weighted by Crippen LogP contribution is -2.54. The van der Waals surface area contributed by atoms with Crippen LogP contribution in [0.3, 0.4) is 0 Å². The number of hydrogen-bond donors (Lipinski definition) is 2. The van der Waals surface area contributed by atoms with Crippen LogP contribution in [0.1, 0.15) is 44.1 Å². The number of carbonyl (C=O) groups excluding carboxylic acids is 2. The maximum absolute atomic E-state index is 13.2. The molecular formula is C19H24N2O4. The number of fused-ring (bicyclic) bond motifs is 1. The second-order valence-electron chi connectivity index (χ2n) is 7.11. The molecule has 1 atom stereocenters. The number of amides is 2. The van der Waals surface area contributed by atoms with Crippen molar-refractivity contribution in [3.8, 4) is 11.5 Å². The zero-order valence-corrected chi connectivity index (χ0v) is 14.3. The predicted octanol–water partition coefficient (Wildman–Crippen LogP) is 1.66. The van der Waals surface area contributed by atoms with Gasteiger partial charge >= 0.3 is 0 Å². The lowest BCUT2D eigenvalue weighted by Gasteiger charge is -2.32. The highest BCUT2D eigenvalue weighted by Crippen LogP contribution is 2.44. The average molecular weight is 344 g/mol. The van der Waals surface area contributed by atoms with Gasteiger partial charge in [-0.15, -0.1) is 0 Å². The molecule has 0 spiro atoms. The molecule has 6 heteroatoms. The summed E-state index contributed by atoms with van der Waals surface area (Å²) in [7, 11) is 0. The third-order valence-electron chi connectivity index (χ3n) is 5.58. The molecular weight excluding hydrogens is 320 g/mol. The molecule has 25 heavy (non-hydrogen) atoms. The monoisotopic (exact) mass is 344 g/mol. The zero-order valence-electron chi connectivity index (χ0n) is 14.3. The minimum Gasteiger partial charge on any atom is -0.486 e. The third-order valence-corrected chi connectivity index (χ3v) is 5.58. The summed E-state index contributed by atoms with van der Waals surface area (Å²) < 4.78 is 11.3. The topological polar surface area (TPSA) is 76.7 Å². The Hall–Kier alpha value is -2.24.